The Hall–Kier alpha value is -0.543. The third-order valence-corrected chi connectivity index (χ3v) is 5.61. The summed E-state index contributed by atoms with van der Waals surface area (Å²) in [5.74, 6) is -2.70. The molecule has 0 aromatic rings. The number of hydrogen-bond donors (Lipinski definition) is 0. The van der Waals surface area contributed by atoms with Gasteiger partial charge in [0, 0.05) is 20.8 Å². The highest BCUT2D eigenvalue weighted by molar-refractivity contribution is 6.69. The predicted molar refractivity (Wildman–Crippen MR) is 76.5 cm³/mol. The second-order valence-electron chi connectivity index (χ2n) is 4.39. The molecule has 0 spiro atoms. The third kappa shape index (κ3) is 6.83. The fourth-order valence-corrected chi connectivity index (χ4v) is 3.42. The second kappa shape index (κ2) is 7.15. The molecule has 122 valence electrons. The van der Waals surface area contributed by atoms with Crippen LogP contribution in [0.5, 0.6) is 0 Å². The molecule has 0 atom stereocenters. The van der Waals surface area contributed by atoms with Crippen LogP contribution >= 0.6 is 34.8 Å². The summed E-state index contributed by atoms with van der Waals surface area (Å²) in [7, 11) is -4.53. The number of hydrogen-bond acceptors (Lipinski definition) is 7. The molecule has 0 N–H and O–H groups in total. The lowest BCUT2D eigenvalue weighted by Gasteiger charge is -2.36. The molecule has 0 amide bonds. The van der Waals surface area contributed by atoms with E-state index >= 15 is 0 Å². The van der Waals surface area contributed by atoms with E-state index < -0.39 is 36.3 Å². The molecule has 0 aromatic carbocycles. The molecule has 0 fully saturated rings. The van der Waals surface area contributed by atoms with Gasteiger partial charge in [0.05, 0.1) is 0 Å². The molecule has 0 unspecified atom stereocenters. The van der Waals surface area contributed by atoms with Gasteiger partial charge >= 0.3 is 9.05 Å². The molecule has 21 heavy (non-hydrogen) atoms. The van der Waals surface area contributed by atoms with Crippen LogP contribution in [0.2, 0.25) is 0 Å². The summed E-state index contributed by atoms with van der Waals surface area (Å²) in [6.45, 7) is 5.71. The van der Waals surface area contributed by atoms with Gasteiger partial charge in [-0.15, -0.1) is 0 Å². The Kier molecular flexibility index (Phi) is 6.96. The minimum Gasteiger partial charge on any atom is -0.433 e. The first-order valence-corrected chi connectivity index (χ1v) is 8.33. The summed E-state index contributed by atoms with van der Waals surface area (Å²) in [6.07, 6.45) is 0. The van der Waals surface area contributed by atoms with Crippen molar-refractivity contribution in [2.24, 2.45) is 0 Å². The lowest BCUT2D eigenvalue weighted by atomic mass is 10.2. The van der Waals surface area contributed by atoms with E-state index in [1.165, 1.54) is 13.8 Å². The molecule has 0 heterocycles. The highest BCUT2D eigenvalue weighted by Crippen LogP contribution is 2.42. The van der Waals surface area contributed by atoms with Crippen molar-refractivity contribution in [2.45, 2.75) is 44.0 Å². The Labute approximate surface area is 138 Å². The van der Waals surface area contributed by atoms with Crippen LogP contribution in [0.1, 0.15) is 34.6 Å². The molecule has 0 aromatic heterocycles. The monoisotopic (exact) mass is 380 g/mol. The van der Waals surface area contributed by atoms with Crippen molar-refractivity contribution in [1.82, 2.24) is 0 Å². The first-order chi connectivity index (χ1) is 9.21. The van der Waals surface area contributed by atoms with Crippen LogP contribution in [0.25, 0.3) is 0 Å². The topological polar surface area (TPSA) is 88.1 Å². The highest BCUT2D eigenvalue weighted by atomic mass is 35.6. The number of carbonyl (C=O) groups is 3. The first-order valence-electron chi connectivity index (χ1n) is 5.56. The van der Waals surface area contributed by atoms with Crippen LogP contribution < -0.4 is 0 Å². The van der Waals surface area contributed by atoms with Crippen LogP contribution in [0.4, 0.5) is 0 Å². The first kappa shape index (κ1) is 20.5. The Balaban J connectivity index is 5.68. The Bertz CT molecular complexity index is 392. The van der Waals surface area contributed by atoms with Crippen LogP contribution in [-0.4, -0.2) is 36.3 Å². The lowest BCUT2D eigenvalue weighted by Crippen LogP contribution is -2.59. The SMILES string of the molecule is CC(=O)O[Si](OC(C)=O)(OC(C)=O)OC(C)(C)C(Cl)(Cl)Cl. The van der Waals surface area contributed by atoms with Crippen molar-refractivity contribution in [2.75, 3.05) is 0 Å². The molecule has 0 aliphatic carbocycles. The number of carbonyl (C=O) groups excluding carboxylic acids is 3. The zero-order chi connectivity index (χ0) is 17.1. The number of halogens is 3. The summed E-state index contributed by atoms with van der Waals surface area (Å²) in [6, 6.07) is 0. The maximum Gasteiger partial charge on any atom is 0.899 e. The van der Waals surface area contributed by atoms with E-state index in [0.29, 0.717) is 0 Å². The van der Waals surface area contributed by atoms with E-state index in [4.69, 9.17) is 52.5 Å². The number of alkyl halides is 3. The Morgan fingerprint density at radius 3 is 1.29 bits per heavy atom. The molecular weight excluding hydrogens is 367 g/mol. The molecule has 0 rings (SSSR count). The van der Waals surface area contributed by atoms with Gasteiger partial charge in [0.25, 0.3) is 17.9 Å². The van der Waals surface area contributed by atoms with E-state index in [2.05, 4.69) is 0 Å². The molecule has 0 saturated heterocycles. The quantitative estimate of drug-likeness (QED) is 0.533. The van der Waals surface area contributed by atoms with Crippen LogP contribution in [0.3, 0.4) is 0 Å². The molecule has 7 nitrogen and oxygen atoms in total. The standard InChI is InChI=1S/C10H15Cl3O7Si/c1-6(14)17-21(18-7(2)15,19-8(3)16)20-9(4,5)10(11,12)13/h1-5H3. The predicted octanol–water partition coefficient (Wildman–Crippen LogP) is 2.28. The molecule has 0 aliphatic heterocycles. The van der Waals surface area contributed by atoms with Gasteiger partial charge in [-0.3, -0.25) is 14.4 Å². The van der Waals surface area contributed by atoms with E-state index in [-0.39, 0.29) is 0 Å². The van der Waals surface area contributed by atoms with E-state index in [0.717, 1.165) is 20.8 Å². The third-order valence-electron chi connectivity index (χ3n) is 1.87. The average Bonchev–Trinajstić information content (AvgIpc) is 2.08. The molecule has 0 aliphatic rings. The van der Waals surface area contributed by atoms with E-state index in [1.54, 1.807) is 0 Å². The van der Waals surface area contributed by atoms with Crippen molar-refractivity contribution in [1.29, 1.82) is 0 Å². The zero-order valence-electron chi connectivity index (χ0n) is 12.0. The fraction of sp³-hybridized carbons (Fsp3) is 0.700. The molecule has 0 saturated carbocycles. The fourth-order valence-electron chi connectivity index (χ4n) is 1.02. The summed E-state index contributed by atoms with van der Waals surface area (Å²) in [4.78, 5) is 33.6. The molecular formula is C10H15Cl3O7Si. The van der Waals surface area contributed by atoms with Crippen LogP contribution in [-0.2, 0) is 32.1 Å². The van der Waals surface area contributed by atoms with Crippen LogP contribution in [0.15, 0.2) is 0 Å². The molecule has 0 bridgehead atoms. The van der Waals surface area contributed by atoms with Crippen molar-refractivity contribution in [3.8, 4) is 0 Å². The zero-order valence-corrected chi connectivity index (χ0v) is 15.3. The molecule has 11 heteroatoms. The van der Waals surface area contributed by atoms with Crippen molar-refractivity contribution in [3.63, 3.8) is 0 Å². The van der Waals surface area contributed by atoms with Gasteiger partial charge in [-0.05, 0) is 13.8 Å². The van der Waals surface area contributed by atoms with Crippen molar-refractivity contribution in [3.05, 3.63) is 0 Å². The Morgan fingerprint density at radius 2 is 1.10 bits per heavy atom. The maximum absolute atomic E-state index is 11.2. The molecule has 0 radical (unpaired) electrons. The van der Waals surface area contributed by atoms with E-state index in [9.17, 15) is 14.4 Å². The smallest absolute Gasteiger partial charge is 0.433 e. The summed E-state index contributed by atoms with van der Waals surface area (Å²) < 4.78 is 17.8. The van der Waals surface area contributed by atoms with Gasteiger partial charge < -0.3 is 17.7 Å². The normalized spacial score (nSPS) is 12.6. The maximum atomic E-state index is 11.2. The largest absolute Gasteiger partial charge is 0.899 e. The summed E-state index contributed by atoms with van der Waals surface area (Å²) >= 11 is 17.2. The van der Waals surface area contributed by atoms with Crippen molar-refractivity contribution < 1.29 is 32.1 Å². The van der Waals surface area contributed by atoms with E-state index in [1.807, 2.05) is 0 Å². The minimum absolute atomic E-state index is 0.899. The van der Waals surface area contributed by atoms with Gasteiger partial charge in [-0.25, -0.2) is 0 Å². The lowest BCUT2D eigenvalue weighted by molar-refractivity contribution is -0.161. The number of rotatable bonds is 5. The Morgan fingerprint density at radius 1 is 0.810 bits per heavy atom. The van der Waals surface area contributed by atoms with Gasteiger partial charge in [-0.2, -0.15) is 0 Å². The van der Waals surface area contributed by atoms with Gasteiger partial charge in [-0.1, -0.05) is 34.8 Å². The van der Waals surface area contributed by atoms with Gasteiger partial charge in [0.1, 0.15) is 5.60 Å². The summed E-state index contributed by atoms with van der Waals surface area (Å²) in [5.41, 5.74) is -1.59. The minimum atomic E-state index is -4.53. The summed E-state index contributed by atoms with van der Waals surface area (Å²) in [5, 5.41) is 0. The van der Waals surface area contributed by atoms with Crippen molar-refractivity contribution >= 4 is 61.8 Å². The highest BCUT2D eigenvalue weighted by Gasteiger charge is 2.63. The van der Waals surface area contributed by atoms with Crippen LogP contribution in [0, 0.1) is 0 Å². The van der Waals surface area contributed by atoms with Gasteiger partial charge in [0.15, 0.2) is 0 Å². The second-order valence-corrected chi connectivity index (χ2v) is 8.49. The van der Waals surface area contributed by atoms with Gasteiger partial charge in [0.2, 0.25) is 3.79 Å². The average molecular weight is 382 g/mol.